The van der Waals surface area contributed by atoms with Crippen LogP contribution in [0.2, 0.25) is 0 Å². The van der Waals surface area contributed by atoms with Gasteiger partial charge in [-0.05, 0) is 18.8 Å². The summed E-state index contributed by atoms with van der Waals surface area (Å²) in [6.45, 7) is 2.06. The van der Waals surface area contributed by atoms with Gasteiger partial charge in [-0.1, -0.05) is 13.3 Å². The molecule has 2 atom stereocenters. The average Bonchev–Trinajstić information content (AvgIpc) is 3.01. The summed E-state index contributed by atoms with van der Waals surface area (Å²) >= 11 is 0. The molecule has 98 valence electrons. The molecule has 0 amide bonds. The molecule has 2 rings (SSSR count). The molecule has 1 N–H and O–H groups in total. The number of nitro benzene ring substituents is 1. The van der Waals surface area contributed by atoms with Crippen LogP contribution in [0.1, 0.15) is 26.2 Å². The molecule has 0 bridgehead atoms. The summed E-state index contributed by atoms with van der Waals surface area (Å²) in [5.41, 5.74) is -0.362. The van der Waals surface area contributed by atoms with Crippen molar-refractivity contribution < 1.29 is 13.7 Å². The van der Waals surface area contributed by atoms with Gasteiger partial charge in [0, 0.05) is 12.1 Å². The molecule has 1 aliphatic rings. The zero-order valence-electron chi connectivity index (χ0n) is 9.95. The van der Waals surface area contributed by atoms with Crippen molar-refractivity contribution in [2.45, 2.75) is 32.2 Å². The summed E-state index contributed by atoms with van der Waals surface area (Å²) in [5.74, 6) is -1.80. The summed E-state index contributed by atoms with van der Waals surface area (Å²) in [4.78, 5) is 10.1. The lowest BCUT2D eigenvalue weighted by atomic mass is 10.2. The fourth-order valence-corrected chi connectivity index (χ4v) is 2.12. The molecule has 1 aromatic carbocycles. The second kappa shape index (κ2) is 4.88. The molecule has 1 fully saturated rings. The predicted molar refractivity (Wildman–Crippen MR) is 63.4 cm³/mol. The van der Waals surface area contributed by atoms with Crippen molar-refractivity contribution in [3.05, 3.63) is 33.9 Å². The highest BCUT2D eigenvalue weighted by Gasteiger charge is 2.37. The minimum Gasteiger partial charge on any atom is -0.376 e. The summed E-state index contributed by atoms with van der Waals surface area (Å²) < 4.78 is 26.1. The molecule has 0 aromatic heterocycles. The Balaban J connectivity index is 2.17. The Labute approximate surface area is 103 Å². The number of halogens is 2. The van der Waals surface area contributed by atoms with Gasteiger partial charge in [0.1, 0.15) is 5.69 Å². The number of rotatable bonds is 5. The molecule has 18 heavy (non-hydrogen) atoms. The van der Waals surface area contributed by atoms with Crippen molar-refractivity contribution in [1.82, 2.24) is 0 Å². The van der Waals surface area contributed by atoms with Crippen molar-refractivity contribution in [3.63, 3.8) is 0 Å². The first kappa shape index (κ1) is 12.7. The van der Waals surface area contributed by atoms with Crippen LogP contribution >= 0.6 is 0 Å². The number of nitrogens with one attached hydrogen (secondary N) is 1. The van der Waals surface area contributed by atoms with E-state index in [2.05, 4.69) is 12.2 Å². The number of nitrogens with zero attached hydrogens (tertiary/aromatic N) is 1. The van der Waals surface area contributed by atoms with Crippen LogP contribution in [0.25, 0.3) is 0 Å². The van der Waals surface area contributed by atoms with E-state index in [4.69, 9.17) is 0 Å². The number of hydrogen-bond donors (Lipinski definition) is 1. The summed E-state index contributed by atoms with van der Waals surface area (Å²) in [5, 5.41) is 13.7. The van der Waals surface area contributed by atoms with Crippen molar-refractivity contribution in [1.29, 1.82) is 0 Å². The maximum absolute atomic E-state index is 13.1. The first-order chi connectivity index (χ1) is 8.52. The summed E-state index contributed by atoms with van der Waals surface area (Å²) in [6.07, 6.45) is 3.00. The Morgan fingerprint density at radius 1 is 1.44 bits per heavy atom. The second-order valence-corrected chi connectivity index (χ2v) is 4.58. The fraction of sp³-hybridized carbons (Fsp3) is 0.500. The molecule has 0 saturated heterocycles. The van der Waals surface area contributed by atoms with Gasteiger partial charge in [0.15, 0.2) is 11.6 Å². The highest BCUT2D eigenvalue weighted by molar-refractivity contribution is 5.62. The molecule has 1 saturated carbocycles. The molecular formula is C12H14F2N2O2. The highest BCUT2D eigenvalue weighted by atomic mass is 19.2. The maximum atomic E-state index is 13.1. The molecule has 6 heteroatoms. The van der Waals surface area contributed by atoms with E-state index in [0.717, 1.165) is 25.3 Å². The third-order valence-electron chi connectivity index (χ3n) is 3.16. The van der Waals surface area contributed by atoms with Crippen LogP contribution in [0, 0.1) is 27.7 Å². The third-order valence-corrected chi connectivity index (χ3v) is 3.16. The van der Waals surface area contributed by atoms with Gasteiger partial charge in [-0.15, -0.1) is 0 Å². The first-order valence-corrected chi connectivity index (χ1v) is 5.93. The van der Waals surface area contributed by atoms with E-state index < -0.39 is 22.2 Å². The number of hydrogen-bond acceptors (Lipinski definition) is 3. The Morgan fingerprint density at radius 2 is 2.11 bits per heavy atom. The number of anilines is 1. The third kappa shape index (κ3) is 2.57. The number of nitro groups is 1. The van der Waals surface area contributed by atoms with Crippen LogP contribution in [0.3, 0.4) is 0 Å². The zero-order valence-corrected chi connectivity index (χ0v) is 9.95. The van der Waals surface area contributed by atoms with E-state index >= 15 is 0 Å². The van der Waals surface area contributed by atoms with Gasteiger partial charge < -0.3 is 5.32 Å². The molecule has 0 radical (unpaired) electrons. The Bertz CT molecular complexity index is 479. The largest absolute Gasteiger partial charge is 0.376 e. The monoisotopic (exact) mass is 256 g/mol. The topological polar surface area (TPSA) is 55.2 Å². The lowest BCUT2D eigenvalue weighted by molar-refractivity contribution is -0.384. The first-order valence-electron chi connectivity index (χ1n) is 5.93. The van der Waals surface area contributed by atoms with E-state index in [-0.39, 0.29) is 11.7 Å². The van der Waals surface area contributed by atoms with Gasteiger partial charge >= 0.3 is 0 Å². The van der Waals surface area contributed by atoms with Crippen LogP contribution in [-0.4, -0.2) is 11.0 Å². The van der Waals surface area contributed by atoms with Crippen molar-refractivity contribution >= 4 is 11.4 Å². The molecule has 0 aliphatic heterocycles. The van der Waals surface area contributed by atoms with Crippen LogP contribution < -0.4 is 5.32 Å². The molecule has 1 aromatic rings. The Kier molecular flexibility index (Phi) is 3.45. The molecule has 1 aliphatic carbocycles. The standard InChI is InChI=1S/C12H14F2N2O2/c1-2-3-7-4-10(7)15-11-5-8(13)9(14)6-12(11)16(17)18/h5-7,10,15H,2-4H2,1H3. The maximum Gasteiger partial charge on any atom is 0.295 e. The van der Waals surface area contributed by atoms with E-state index in [0.29, 0.717) is 12.0 Å². The lowest BCUT2D eigenvalue weighted by Crippen LogP contribution is -2.08. The predicted octanol–water partition coefficient (Wildman–Crippen LogP) is 3.47. The van der Waals surface area contributed by atoms with Gasteiger partial charge in [-0.3, -0.25) is 10.1 Å². The Morgan fingerprint density at radius 3 is 2.72 bits per heavy atom. The van der Waals surface area contributed by atoms with E-state index in [9.17, 15) is 18.9 Å². The summed E-state index contributed by atoms with van der Waals surface area (Å²) in [6, 6.07) is 1.61. The number of benzene rings is 1. The molecular weight excluding hydrogens is 242 g/mol. The fourth-order valence-electron chi connectivity index (χ4n) is 2.12. The van der Waals surface area contributed by atoms with Crippen molar-refractivity contribution in [2.75, 3.05) is 5.32 Å². The normalized spacial score (nSPS) is 21.7. The zero-order chi connectivity index (χ0) is 13.3. The minimum atomic E-state index is -1.20. The van der Waals surface area contributed by atoms with Crippen LogP contribution in [0.4, 0.5) is 20.2 Å². The van der Waals surface area contributed by atoms with E-state index in [1.165, 1.54) is 0 Å². The Hall–Kier alpha value is -1.72. The van der Waals surface area contributed by atoms with E-state index in [1.54, 1.807) is 0 Å². The van der Waals surface area contributed by atoms with Crippen LogP contribution in [-0.2, 0) is 0 Å². The minimum absolute atomic E-state index is 0.0579. The van der Waals surface area contributed by atoms with Crippen LogP contribution in [0.5, 0.6) is 0 Å². The van der Waals surface area contributed by atoms with Gasteiger partial charge in [0.25, 0.3) is 5.69 Å². The molecule has 0 spiro atoms. The van der Waals surface area contributed by atoms with Gasteiger partial charge in [-0.2, -0.15) is 0 Å². The van der Waals surface area contributed by atoms with Gasteiger partial charge in [-0.25, -0.2) is 8.78 Å². The second-order valence-electron chi connectivity index (χ2n) is 4.58. The summed E-state index contributed by atoms with van der Waals surface area (Å²) in [7, 11) is 0. The quantitative estimate of drug-likeness (QED) is 0.648. The molecule has 2 unspecified atom stereocenters. The van der Waals surface area contributed by atoms with Gasteiger partial charge in [0.05, 0.1) is 11.0 Å². The molecule has 0 heterocycles. The highest BCUT2D eigenvalue weighted by Crippen LogP contribution is 2.39. The smallest absolute Gasteiger partial charge is 0.295 e. The SMILES string of the molecule is CCCC1CC1Nc1cc(F)c(F)cc1[N+](=O)[O-]. The average molecular weight is 256 g/mol. The van der Waals surface area contributed by atoms with Crippen LogP contribution in [0.15, 0.2) is 12.1 Å². The van der Waals surface area contributed by atoms with Crippen molar-refractivity contribution in [3.8, 4) is 0 Å². The lowest BCUT2D eigenvalue weighted by Gasteiger charge is -2.07. The molecule has 4 nitrogen and oxygen atoms in total. The van der Waals surface area contributed by atoms with Crippen molar-refractivity contribution in [2.24, 2.45) is 5.92 Å². The van der Waals surface area contributed by atoms with Gasteiger partial charge in [0.2, 0.25) is 0 Å². The van der Waals surface area contributed by atoms with E-state index in [1.807, 2.05) is 0 Å².